The van der Waals surface area contributed by atoms with Crippen LogP contribution < -0.4 is 5.32 Å². The molecule has 0 amide bonds. The van der Waals surface area contributed by atoms with Crippen LogP contribution in [0, 0.1) is 5.92 Å². The Morgan fingerprint density at radius 2 is 2.06 bits per heavy atom. The summed E-state index contributed by atoms with van der Waals surface area (Å²) in [7, 11) is 0. The van der Waals surface area contributed by atoms with Crippen molar-refractivity contribution in [2.75, 3.05) is 6.61 Å². The van der Waals surface area contributed by atoms with Crippen LogP contribution in [0.3, 0.4) is 0 Å². The molecular formula is C13H17NO2. The maximum absolute atomic E-state index is 9.58. The van der Waals surface area contributed by atoms with Crippen LogP contribution in [0.2, 0.25) is 0 Å². The van der Waals surface area contributed by atoms with Gasteiger partial charge in [-0.2, -0.15) is 0 Å². The molecule has 1 aromatic carbocycles. The van der Waals surface area contributed by atoms with Gasteiger partial charge < -0.3 is 15.5 Å². The monoisotopic (exact) mass is 219 g/mol. The second kappa shape index (κ2) is 5.14. The van der Waals surface area contributed by atoms with Gasteiger partial charge in [0.1, 0.15) is 5.75 Å². The Morgan fingerprint density at radius 1 is 1.25 bits per heavy atom. The largest absolute Gasteiger partial charge is 0.508 e. The number of benzene rings is 1. The summed E-state index contributed by atoms with van der Waals surface area (Å²) in [6, 6.07) is 7.63. The minimum atomic E-state index is 0.214. The molecule has 0 bridgehead atoms. The van der Waals surface area contributed by atoms with Crippen molar-refractivity contribution in [3.63, 3.8) is 0 Å². The van der Waals surface area contributed by atoms with Crippen molar-refractivity contribution in [1.29, 1.82) is 0 Å². The highest BCUT2D eigenvalue weighted by Crippen LogP contribution is 2.19. The van der Waals surface area contributed by atoms with Crippen molar-refractivity contribution < 1.29 is 10.2 Å². The molecule has 16 heavy (non-hydrogen) atoms. The number of para-hydroxylation sites is 1. The average Bonchev–Trinajstić information content (AvgIpc) is 2.76. The maximum Gasteiger partial charge on any atom is 0.120 e. The van der Waals surface area contributed by atoms with E-state index < -0.39 is 0 Å². The van der Waals surface area contributed by atoms with Crippen molar-refractivity contribution in [1.82, 2.24) is 5.32 Å². The van der Waals surface area contributed by atoms with Gasteiger partial charge in [0.15, 0.2) is 0 Å². The topological polar surface area (TPSA) is 52.5 Å². The Hall–Kier alpha value is -1.32. The lowest BCUT2D eigenvalue weighted by atomic mass is 10.1. The molecule has 1 aliphatic rings. The van der Waals surface area contributed by atoms with E-state index in [1.165, 1.54) is 0 Å². The van der Waals surface area contributed by atoms with Crippen LogP contribution >= 0.6 is 0 Å². The van der Waals surface area contributed by atoms with E-state index in [1.54, 1.807) is 6.07 Å². The van der Waals surface area contributed by atoms with Crippen LogP contribution in [-0.4, -0.2) is 22.9 Å². The molecule has 0 saturated carbocycles. The molecule has 3 nitrogen and oxygen atoms in total. The number of nitrogens with one attached hydrogen (secondary N) is 1. The molecule has 0 aliphatic heterocycles. The Morgan fingerprint density at radius 3 is 2.75 bits per heavy atom. The van der Waals surface area contributed by atoms with Crippen LogP contribution in [0.1, 0.15) is 12.0 Å². The normalized spacial score (nSPS) is 23.8. The first-order valence-corrected chi connectivity index (χ1v) is 5.59. The van der Waals surface area contributed by atoms with Gasteiger partial charge in [-0.05, 0) is 12.5 Å². The summed E-state index contributed by atoms with van der Waals surface area (Å²) in [6.07, 6.45) is 5.06. The molecule has 0 spiro atoms. The van der Waals surface area contributed by atoms with E-state index in [0.717, 1.165) is 12.0 Å². The zero-order valence-electron chi connectivity index (χ0n) is 9.13. The molecule has 2 rings (SSSR count). The number of phenols is 1. The summed E-state index contributed by atoms with van der Waals surface area (Å²) in [5.41, 5.74) is 0.906. The molecule has 86 valence electrons. The average molecular weight is 219 g/mol. The highest BCUT2D eigenvalue weighted by atomic mass is 16.3. The van der Waals surface area contributed by atoms with Gasteiger partial charge in [-0.25, -0.2) is 0 Å². The highest BCUT2D eigenvalue weighted by molar-refractivity contribution is 5.31. The number of aromatic hydroxyl groups is 1. The Bertz CT molecular complexity index is 376. The lowest BCUT2D eigenvalue weighted by Gasteiger charge is -2.13. The number of hydrogen-bond donors (Lipinski definition) is 3. The third-order valence-corrected chi connectivity index (χ3v) is 2.95. The molecule has 0 heterocycles. The summed E-state index contributed by atoms with van der Waals surface area (Å²) in [5, 5.41) is 21.9. The third-order valence-electron chi connectivity index (χ3n) is 2.95. The minimum Gasteiger partial charge on any atom is -0.508 e. The first-order chi connectivity index (χ1) is 7.79. The number of aliphatic hydroxyl groups excluding tert-OH is 1. The molecule has 3 N–H and O–H groups in total. The van der Waals surface area contributed by atoms with Crippen molar-refractivity contribution >= 4 is 0 Å². The number of hydrogen-bond acceptors (Lipinski definition) is 3. The van der Waals surface area contributed by atoms with Gasteiger partial charge in [-0.15, -0.1) is 0 Å². The molecular weight excluding hydrogens is 202 g/mol. The summed E-state index contributed by atoms with van der Waals surface area (Å²) in [6.45, 7) is 0.866. The van der Waals surface area contributed by atoms with Crippen LogP contribution in [-0.2, 0) is 6.54 Å². The number of phenolic OH excluding ortho intramolecular Hbond substituents is 1. The first kappa shape index (κ1) is 11.2. The lowest BCUT2D eigenvalue weighted by molar-refractivity contribution is 0.246. The fraction of sp³-hybridized carbons (Fsp3) is 0.385. The van der Waals surface area contributed by atoms with Gasteiger partial charge in [0.2, 0.25) is 0 Å². The molecule has 0 saturated heterocycles. The summed E-state index contributed by atoms with van der Waals surface area (Å²) >= 11 is 0. The van der Waals surface area contributed by atoms with Crippen LogP contribution in [0.5, 0.6) is 5.75 Å². The van der Waals surface area contributed by atoms with E-state index in [0.29, 0.717) is 18.3 Å². The molecule has 1 aromatic rings. The molecule has 0 unspecified atom stereocenters. The van der Waals surface area contributed by atoms with Gasteiger partial charge in [-0.1, -0.05) is 30.4 Å². The second-order valence-corrected chi connectivity index (χ2v) is 4.18. The van der Waals surface area contributed by atoms with E-state index in [9.17, 15) is 5.11 Å². The molecule has 0 radical (unpaired) electrons. The predicted octanol–water partition coefficient (Wildman–Crippen LogP) is 1.42. The van der Waals surface area contributed by atoms with Crippen molar-refractivity contribution in [3.8, 4) is 5.75 Å². The molecule has 2 atom stereocenters. The van der Waals surface area contributed by atoms with Gasteiger partial charge in [0.25, 0.3) is 0 Å². The second-order valence-electron chi connectivity index (χ2n) is 4.18. The highest BCUT2D eigenvalue weighted by Gasteiger charge is 2.17. The smallest absolute Gasteiger partial charge is 0.120 e. The molecule has 1 aliphatic carbocycles. The summed E-state index contributed by atoms with van der Waals surface area (Å²) in [4.78, 5) is 0. The Kier molecular flexibility index (Phi) is 3.59. The van der Waals surface area contributed by atoms with Crippen molar-refractivity contribution in [3.05, 3.63) is 42.0 Å². The van der Waals surface area contributed by atoms with Crippen molar-refractivity contribution in [2.24, 2.45) is 5.92 Å². The fourth-order valence-electron chi connectivity index (χ4n) is 1.96. The van der Waals surface area contributed by atoms with E-state index >= 15 is 0 Å². The van der Waals surface area contributed by atoms with Crippen molar-refractivity contribution in [2.45, 2.75) is 19.0 Å². The zero-order chi connectivity index (χ0) is 11.4. The fourth-order valence-corrected chi connectivity index (χ4v) is 1.96. The first-order valence-electron chi connectivity index (χ1n) is 5.59. The van der Waals surface area contributed by atoms with Crippen LogP contribution in [0.25, 0.3) is 0 Å². The summed E-state index contributed by atoms with van der Waals surface area (Å²) in [5.74, 6) is 0.609. The zero-order valence-corrected chi connectivity index (χ0v) is 9.13. The quantitative estimate of drug-likeness (QED) is 0.671. The van der Waals surface area contributed by atoms with E-state index in [1.807, 2.05) is 24.3 Å². The van der Waals surface area contributed by atoms with E-state index in [-0.39, 0.29) is 12.5 Å². The Balaban J connectivity index is 1.85. The number of rotatable bonds is 4. The summed E-state index contributed by atoms with van der Waals surface area (Å²) < 4.78 is 0. The van der Waals surface area contributed by atoms with Crippen LogP contribution in [0.4, 0.5) is 0 Å². The van der Waals surface area contributed by atoms with E-state index in [4.69, 9.17) is 5.11 Å². The SMILES string of the molecule is OC[C@H]1C=C[C@@H](NCc2ccccc2O)C1. The lowest BCUT2D eigenvalue weighted by Crippen LogP contribution is -2.26. The molecule has 0 aromatic heterocycles. The maximum atomic E-state index is 9.58. The molecule has 0 fully saturated rings. The predicted molar refractivity (Wildman–Crippen MR) is 63.1 cm³/mol. The van der Waals surface area contributed by atoms with Crippen LogP contribution in [0.15, 0.2) is 36.4 Å². The number of aliphatic hydroxyl groups is 1. The standard InChI is InChI=1S/C13H17NO2/c15-9-10-5-6-12(7-10)14-8-11-3-1-2-4-13(11)16/h1-6,10,12,14-16H,7-9H2/t10-,12+/m0/s1. The van der Waals surface area contributed by atoms with Gasteiger partial charge in [-0.3, -0.25) is 0 Å². The molecule has 3 heteroatoms. The van der Waals surface area contributed by atoms with E-state index in [2.05, 4.69) is 11.4 Å². The Labute approximate surface area is 95.4 Å². The van der Waals surface area contributed by atoms with Gasteiger partial charge in [0.05, 0.1) is 0 Å². The third kappa shape index (κ3) is 2.62. The van der Waals surface area contributed by atoms with Gasteiger partial charge in [0, 0.05) is 30.7 Å². The minimum absolute atomic E-state index is 0.214. The van der Waals surface area contributed by atoms with Gasteiger partial charge >= 0.3 is 0 Å².